The summed E-state index contributed by atoms with van der Waals surface area (Å²) in [4.78, 5) is 19.9. The molecule has 5 nitrogen and oxygen atoms in total. The van der Waals surface area contributed by atoms with E-state index in [2.05, 4.69) is 48.5 Å². The molecule has 1 amide bonds. The highest BCUT2D eigenvalue weighted by atomic mass is 35.5. The standard InChI is InChI=1S/C21H32ClN3O2/c1-15(2)24-27-16(3)20(26)23-19-10-12-21(13-11-19,25(4)5)14-17-6-8-18(22)9-7-17/h6-9,16,19,24H,1,10-14H2,2-5H3,(H,23,26). The molecule has 150 valence electrons. The van der Waals surface area contributed by atoms with Gasteiger partial charge in [-0.05, 0) is 77.7 Å². The first-order valence-corrected chi connectivity index (χ1v) is 9.89. The van der Waals surface area contributed by atoms with E-state index >= 15 is 0 Å². The fraction of sp³-hybridized carbons (Fsp3) is 0.571. The van der Waals surface area contributed by atoms with E-state index in [9.17, 15) is 4.79 Å². The van der Waals surface area contributed by atoms with Crippen molar-refractivity contribution < 1.29 is 9.63 Å². The zero-order valence-corrected chi connectivity index (χ0v) is 17.6. The minimum absolute atomic E-state index is 0.0937. The number of rotatable bonds is 8. The molecule has 2 N–H and O–H groups in total. The molecule has 1 atom stereocenters. The number of carbonyl (C=O) groups is 1. The van der Waals surface area contributed by atoms with Crippen LogP contribution in [0.1, 0.15) is 45.1 Å². The third-order valence-corrected chi connectivity index (χ3v) is 5.69. The average Bonchev–Trinajstić information content (AvgIpc) is 2.63. The van der Waals surface area contributed by atoms with Crippen LogP contribution in [0.3, 0.4) is 0 Å². The van der Waals surface area contributed by atoms with Crippen molar-refractivity contribution in [1.82, 2.24) is 15.7 Å². The quantitative estimate of drug-likeness (QED) is 0.661. The lowest BCUT2D eigenvalue weighted by molar-refractivity contribution is -0.136. The van der Waals surface area contributed by atoms with Gasteiger partial charge in [0.1, 0.15) is 0 Å². The third-order valence-electron chi connectivity index (χ3n) is 5.44. The van der Waals surface area contributed by atoms with Gasteiger partial charge in [-0.15, -0.1) is 0 Å². The predicted octanol–water partition coefficient (Wildman–Crippen LogP) is 3.69. The zero-order valence-electron chi connectivity index (χ0n) is 16.8. The number of carbonyl (C=O) groups excluding carboxylic acids is 1. The summed E-state index contributed by atoms with van der Waals surface area (Å²) in [6.07, 6.45) is 4.41. The Morgan fingerprint density at radius 1 is 1.33 bits per heavy atom. The third kappa shape index (κ3) is 6.23. The molecule has 2 rings (SSSR count). The normalized spacial score (nSPS) is 23.7. The highest BCUT2D eigenvalue weighted by Gasteiger charge is 2.38. The number of nitrogens with zero attached hydrogens (tertiary/aromatic N) is 1. The largest absolute Gasteiger partial charge is 0.351 e. The molecule has 0 bridgehead atoms. The number of hydrogen-bond donors (Lipinski definition) is 2. The first kappa shape index (κ1) is 21.7. The molecule has 1 unspecified atom stereocenters. The maximum atomic E-state index is 12.3. The summed E-state index contributed by atoms with van der Waals surface area (Å²) in [5.41, 5.74) is 4.73. The van der Waals surface area contributed by atoms with Crippen molar-refractivity contribution in [3.8, 4) is 0 Å². The summed E-state index contributed by atoms with van der Waals surface area (Å²) in [5, 5.41) is 3.89. The Bertz CT molecular complexity index is 637. The Balaban J connectivity index is 1.91. The molecule has 1 aromatic rings. The molecule has 27 heavy (non-hydrogen) atoms. The number of allylic oxidation sites excluding steroid dienone is 1. The van der Waals surface area contributed by atoms with E-state index in [-0.39, 0.29) is 17.5 Å². The molecule has 1 aliphatic rings. The van der Waals surface area contributed by atoms with Gasteiger partial charge in [0.15, 0.2) is 6.10 Å². The number of likely N-dealkylation sites (N-methyl/N-ethyl adjacent to an activating group) is 1. The Labute approximate surface area is 168 Å². The minimum atomic E-state index is -0.559. The van der Waals surface area contributed by atoms with Crippen molar-refractivity contribution in [3.05, 3.63) is 47.1 Å². The molecule has 1 aliphatic carbocycles. The number of halogens is 1. The first-order chi connectivity index (χ1) is 12.7. The van der Waals surface area contributed by atoms with Gasteiger partial charge in [0, 0.05) is 22.3 Å². The number of amides is 1. The van der Waals surface area contributed by atoms with Gasteiger partial charge in [0.2, 0.25) is 0 Å². The van der Waals surface area contributed by atoms with Crippen LogP contribution in [0.5, 0.6) is 0 Å². The van der Waals surface area contributed by atoms with E-state index in [1.54, 1.807) is 13.8 Å². The van der Waals surface area contributed by atoms with E-state index in [4.69, 9.17) is 16.4 Å². The molecule has 0 radical (unpaired) electrons. The van der Waals surface area contributed by atoms with Crippen LogP contribution < -0.4 is 10.8 Å². The Hall–Kier alpha value is -1.56. The van der Waals surface area contributed by atoms with E-state index < -0.39 is 6.10 Å². The highest BCUT2D eigenvalue weighted by Crippen LogP contribution is 2.35. The van der Waals surface area contributed by atoms with Gasteiger partial charge in [-0.3, -0.25) is 15.1 Å². The van der Waals surface area contributed by atoms with Gasteiger partial charge in [0.05, 0.1) is 0 Å². The molecule has 0 heterocycles. The molecule has 0 saturated heterocycles. The van der Waals surface area contributed by atoms with Crippen LogP contribution in [-0.4, -0.2) is 42.6 Å². The fourth-order valence-electron chi connectivity index (χ4n) is 3.62. The minimum Gasteiger partial charge on any atom is -0.351 e. The Morgan fingerprint density at radius 3 is 2.44 bits per heavy atom. The van der Waals surface area contributed by atoms with Crippen molar-refractivity contribution in [1.29, 1.82) is 0 Å². The lowest BCUT2D eigenvalue weighted by Crippen LogP contribution is -2.53. The van der Waals surface area contributed by atoms with E-state index in [0.717, 1.165) is 37.1 Å². The average molecular weight is 394 g/mol. The molecule has 1 fully saturated rings. The van der Waals surface area contributed by atoms with Gasteiger partial charge in [-0.25, -0.2) is 0 Å². The molecule has 0 aliphatic heterocycles. The van der Waals surface area contributed by atoms with E-state index in [1.807, 2.05) is 12.1 Å². The molecule has 6 heteroatoms. The summed E-state index contributed by atoms with van der Waals surface area (Å²) < 4.78 is 0. The van der Waals surface area contributed by atoms with Crippen LogP contribution >= 0.6 is 11.6 Å². The zero-order chi connectivity index (χ0) is 20.0. The first-order valence-electron chi connectivity index (χ1n) is 9.51. The molecule has 1 saturated carbocycles. The highest BCUT2D eigenvalue weighted by molar-refractivity contribution is 6.30. The van der Waals surface area contributed by atoms with Crippen LogP contribution in [-0.2, 0) is 16.1 Å². The lowest BCUT2D eigenvalue weighted by atomic mass is 9.75. The Morgan fingerprint density at radius 2 is 1.93 bits per heavy atom. The maximum Gasteiger partial charge on any atom is 0.251 e. The van der Waals surface area contributed by atoms with Crippen LogP contribution in [0.15, 0.2) is 36.5 Å². The number of benzene rings is 1. The van der Waals surface area contributed by atoms with Crippen molar-refractivity contribution in [2.75, 3.05) is 14.1 Å². The Kier molecular flexibility index (Phi) is 7.71. The van der Waals surface area contributed by atoms with Gasteiger partial charge >= 0.3 is 0 Å². The smallest absolute Gasteiger partial charge is 0.251 e. The molecular formula is C21H32ClN3O2. The van der Waals surface area contributed by atoms with Gasteiger partial charge in [-0.1, -0.05) is 30.3 Å². The summed E-state index contributed by atoms with van der Waals surface area (Å²) in [5.74, 6) is -0.0937. The maximum absolute atomic E-state index is 12.3. The summed E-state index contributed by atoms with van der Waals surface area (Å²) in [7, 11) is 4.29. The summed E-state index contributed by atoms with van der Waals surface area (Å²) in [6, 6.07) is 8.30. The molecule has 1 aromatic carbocycles. The second-order valence-corrected chi connectivity index (χ2v) is 8.28. The van der Waals surface area contributed by atoms with E-state index in [1.165, 1.54) is 5.56 Å². The van der Waals surface area contributed by atoms with Crippen molar-refractivity contribution in [2.24, 2.45) is 0 Å². The van der Waals surface area contributed by atoms with E-state index in [0.29, 0.717) is 5.70 Å². The van der Waals surface area contributed by atoms with Crippen molar-refractivity contribution in [2.45, 2.75) is 63.6 Å². The fourth-order valence-corrected chi connectivity index (χ4v) is 3.75. The lowest BCUT2D eigenvalue weighted by Gasteiger charge is -2.45. The second kappa shape index (κ2) is 9.58. The summed E-state index contributed by atoms with van der Waals surface area (Å²) >= 11 is 6.01. The monoisotopic (exact) mass is 393 g/mol. The van der Waals surface area contributed by atoms with Crippen LogP contribution in [0.2, 0.25) is 5.02 Å². The molecule has 0 spiro atoms. The van der Waals surface area contributed by atoms with Crippen LogP contribution in [0.25, 0.3) is 0 Å². The predicted molar refractivity (Wildman–Crippen MR) is 110 cm³/mol. The SMILES string of the molecule is C=C(C)NOC(C)C(=O)NC1CCC(Cc2ccc(Cl)cc2)(N(C)C)CC1. The van der Waals surface area contributed by atoms with Crippen LogP contribution in [0.4, 0.5) is 0 Å². The second-order valence-electron chi connectivity index (χ2n) is 7.85. The molecular weight excluding hydrogens is 362 g/mol. The number of hydroxylamine groups is 1. The van der Waals surface area contributed by atoms with Crippen molar-refractivity contribution in [3.63, 3.8) is 0 Å². The van der Waals surface area contributed by atoms with Crippen LogP contribution in [0, 0.1) is 0 Å². The van der Waals surface area contributed by atoms with Gasteiger partial charge in [-0.2, -0.15) is 0 Å². The topological polar surface area (TPSA) is 53.6 Å². The van der Waals surface area contributed by atoms with Crippen molar-refractivity contribution >= 4 is 17.5 Å². The molecule has 0 aromatic heterocycles. The number of hydrogen-bond acceptors (Lipinski definition) is 4. The van der Waals surface area contributed by atoms with Gasteiger partial charge < -0.3 is 10.2 Å². The number of nitrogens with one attached hydrogen (secondary N) is 2. The summed E-state index contributed by atoms with van der Waals surface area (Å²) in [6.45, 7) is 7.21. The van der Waals surface area contributed by atoms with Gasteiger partial charge in [0.25, 0.3) is 5.91 Å².